The third-order valence-corrected chi connectivity index (χ3v) is 10.1. The van der Waals surface area contributed by atoms with Crippen molar-refractivity contribution in [1.82, 2.24) is 29.3 Å². The number of fused-ring (bicyclic) bond motifs is 9. The minimum atomic E-state index is 0.786. The fourth-order valence-electron chi connectivity index (χ4n) is 7.75. The lowest BCUT2D eigenvalue weighted by molar-refractivity contribution is 0.980. The average Bonchev–Trinajstić information content (AvgIpc) is 3.66. The molecule has 0 spiro atoms. The summed E-state index contributed by atoms with van der Waals surface area (Å²) in [5, 5.41) is 20.0. The van der Waals surface area contributed by atoms with E-state index in [9.17, 15) is 0 Å². The molecule has 0 radical (unpaired) electrons. The predicted octanol–water partition coefficient (Wildman–Crippen LogP) is 10.6. The van der Waals surface area contributed by atoms with Crippen LogP contribution in [0.3, 0.4) is 0 Å². The fraction of sp³-hybridized carbons (Fsp3) is 0. The van der Waals surface area contributed by atoms with Crippen molar-refractivity contribution in [1.29, 1.82) is 0 Å². The van der Waals surface area contributed by atoms with Gasteiger partial charge in [0.05, 0.1) is 39.5 Å². The van der Waals surface area contributed by atoms with E-state index >= 15 is 0 Å². The monoisotopic (exact) mass is 638 g/mol. The van der Waals surface area contributed by atoms with E-state index in [2.05, 4.69) is 146 Å². The molecule has 6 nitrogen and oxygen atoms in total. The molecular weight excluding hydrogens is 613 g/mol. The van der Waals surface area contributed by atoms with Gasteiger partial charge >= 0.3 is 0 Å². The van der Waals surface area contributed by atoms with E-state index in [1.807, 2.05) is 24.4 Å². The molecule has 0 bridgehead atoms. The van der Waals surface area contributed by atoms with Crippen molar-refractivity contribution in [2.75, 3.05) is 0 Å². The number of hydrogen-bond acceptors (Lipinski definition) is 4. The Hall–Kier alpha value is -6.92. The van der Waals surface area contributed by atoms with Crippen LogP contribution in [0.4, 0.5) is 0 Å². The van der Waals surface area contributed by atoms with Crippen LogP contribution < -0.4 is 0 Å². The van der Waals surface area contributed by atoms with Crippen LogP contribution in [-0.4, -0.2) is 29.3 Å². The van der Waals surface area contributed by atoms with Gasteiger partial charge in [-0.05, 0) is 76.1 Å². The molecule has 0 aliphatic carbocycles. The van der Waals surface area contributed by atoms with Crippen molar-refractivity contribution in [2.24, 2.45) is 0 Å². The van der Waals surface area contributed by atoms with Gasteiger partial charge < -0.3 is 4.57 Å². The van der Waals surface area contributed by atoms with Crippen molar-refractivity contribution in [2.45, 2.75) is 0 Å². The highest BCUT2D eigenvalue weighted by atomic mass is 15.2. The highest BCUT2D eigenvalue weighted by Crippen LogP contribution is 2.40. The molecule has 0 aliphatic rings. The summed E-state index contributed by atoms with van der Waals surface area (Å²) < 4.78 is 4.66. The lowest BCUT2D eigenvalue weighted by Crippen LogP contribution is -2.00. The van der Waals surface area contributed by atoms with Crippen LogP contribution in [0.5, 0.6) is 0 Å². The average molecular weight is 639 g/mol. The highest BCUT2D eigenvalue weighted by Gasteiger charge is 2.19. The van der Waals surface area contributed by atoms with E-state index in [0.29, 0.717) is 0 Å². The number of hydrogen-bond donors (Lipinski definition) is 0. The summed E-state index contributed by atoms with van der Waals surface area (Å²) in [5.41, 5.74) is 8.22. The molecule has 11 aromatic rings. The fourth-order valence-corrected chi connectivity index (χ4v) is 7.75. The molecule has 50 heavy (non-hydrogen) atoms. The zero-order chi connectivity index (χ0) is 32.8. The first kappa shape index (κ1) is 27.1. The normalized spacial score (nSPS) is 12.0. The van der Waals surface area contributed by atoms with Gasteiger partial charge in [-0.3, -0.25) is 14.5 Å². The summed E-state index contributed by atoms with van der Waals surface area (Å²) in [6.07, 6.45) is 5.27. The molecule has 0 amide bonds. The van der Waals surface area contributed by atoms with Crippen molar-refractivity contribution in [3.63, 3.8) is 0 Å². The number of benzene rings is 7. The van der Waals surface area contributed by atoms with E-state index in [1.165, 1.54) is 37.7 Å². The Balaban J connectivity index is 1.25. The van der Waals surface area contributed by atoms with Gasteiger partial charge in [-0.25, -0.2) is 0 Å². The minimum Gasteiger partial charge on any atom is -0.309 e. The quantitative estimate of drug-likeness (QED) is 0.193. The molecule has 4 heterocycles. The molecule has 0 N–H and O–H groups in total. The summed E-state index contributed by atoms with van der Waals surface area (Å²) >= 11 is 0. The second kappa shape index (κ2) is 10.3. The number of aromatic nitrogens is 6. The maximum absolute atomic E-state index is 4.79. The topological polar surface area (TPSA) is 61.4 Å². The van der Waals surface area contributed by atoms with Gasteiger partial charge in [0.1, 0.15) is 0 Å². The third kappa shape index (κ3) is 3.96. The van der Waals surface area contributed by atoms with E-state index < -0.39 is 0 Å². The molecular formula is C44H26N6. The Labute approximate surface area is 285 Å². The van der Waals surface area contributed by atoms with Crippen LogP contribution in [0.2, 0.25) is 0 Å². The molecule has 0 atom stereocenters. The Morgan fingerprint density at radius 3 is 1.72 bits per heavy atom. The molecule has 4 aromatic heterocycles. The van der Waals surface area contributed by atoms with Crippen LogP contribution in [0.25, 0.3) is 98.8 Å². The van der Waals surface area contributed by atoms with E-state index in [4.69, 9.17) is 5.10 Å². The lowest BCUT2D eigenvalue weighted by atomic mass is 10.0. The van der Waals surface area contributed by atoms with Crippen LogP contribution in [0, 0.1) is 0 Å². The molecule has 7 aromatic carbocycles. The minimum absolute atomic E-state index is 0.786. The zero-order valence-electron chi connectivity index (χ0n) is 26.7. The summed E-state index contributed by atoms with van der Waals surface area (Å²) in [6, 6.07) is 50.0. The molecule has 232 valence electrons. The summed E-state index contributed by atoms with van der Waals surface area (Å²) in [6.45, 7) is 0. The van der Waals surface area contributed by atoms with Crippen LogP contribution >= 0.6 is 0 Å². The van der Waals surface area contributed by atoms with Crippen molar-refractivity contribution < 1.29 is 0 Å². The first-order valence-corrected chi connectivity index (χ1v) is 16.7. The molecule has 0 saturated heterocycles. The largest absolute Gasteiger partial charge is 0.309 e. The third-order valence-electron chi connectivity index (χ3n) is 10.1. The van der Waals surface area contributed by atoms with Crippen molar-refractivity contribution in [3.8, 4) is 22.8 Å². The zero-order valence-corrected chi connectivity index (χ0v) is 26.7. The Morgan fingerprint density at radius 2 is 1.02 bits per heavy atom. The van der Waals surface area contributed by atoms with Gasteiger partial charge in [0.15, 0.2) is 5.82 Å². The second-order valence-corrected chi connectivity index (χ2v) is 12.9. The SMILES string of the molecule is c1ccc2cc3c(cc2c1)c1ccc(-c2cnccn2)cc1n3-c1ccc2c3cc4ccccc4cc3n(-c3cc4ccccc4nn3)c2c1. The molecule has 0 unspecified atom stereocenters. The van der Waals surface area contributed by atoms with Gasteiger partial charge in [-0.2, -0.15) is 0 Å². The lowest BCUT2D eigenvalue weighted by Gasteiger charge is -2.12. The maximum Gasteiger partial charge on any atom is 0.160 e. The molecule has 6 heteroatoms. The smallest absolute Gasteiger partial charge is 0.160 e. The summed E-state index contributed by atoms with van der Waals surface area (Å²) in [7, 11) is 0. The molecule has 11 rings (SSSR count). The van der Waals surface area contributed by atoms with Crippen LogP contribution in [-0.2, 0) is 0 Å². The summed E-state index contributed by atoms with van der Waals surface area (Å²) in [4.78, 5) is 8.97. The van der Waals surface area contributed by atoms with E-state index in [1.54, 1.807) is 12.4 Å². The predicted molar refractivity (Wildman–Crippen MR) is 204 cm³/mol. The van der Waals surface area contributed by atoms with Gasteiger partial charge in [-0.1, -0.05) is 84.9 Å². The van der Waals surface area contributed by atoms with Gasteiger partial charge in [0, 0.05) is 50.6 Å². The first-order valence-electron chi connectivity index (χ1n) is 16.7. The number of nitrogens with zero attached hydrogens (tertiary/aromatic N) is 6. The Kier molecular flexibility index (Phi) is 5.57. The highest BCUT2D eigenvalue weighted by molar-refractivity contribution is 6.16. The van der Waals surface area contributed by atoms with Gasteiger partial charge in [-0.15, -0.1) is 10.2 Å². The second-order valence-electron chi connectivity index (χ2n) is 12.9. The first-order chi connectivity index (χ1) is 24.8. The van der Waals surface area contributed by atoms with E-state index in [0.717, 1.165) is 61.1 Å². The molecule has 0 saturated carbocycles. The standard InChI is InChI=1S/C44H26N6/c1-3-9-29-21-41-36(19-27(29)7-1)34-15-13-32(39-26-45-17-18-46-39)23-40(34)49(41)33-14-16-35-37-20-28-8-2-4-10-30(28)22-42(37)50(43(35)25-33)44-24-31-11-5-6-12-38(31)47-48-44/h1-26H. The van der Waals surface area contributed by atoms with Crippen LogP contribution in [0.1, 0.15) is 0 Å². The van der Waals surface area contributed by atoms with Crippen molar-refractivity contribution in [3.05, 3.63) is 158 Å². The van der Waals surface area contributed by atoms with Crippen molar-refractivity contribution >= 4 is 76.1 Å². The van der Waals surface area contributed by atoms with E-state index in [-0.39, 0.29) is 0 Å². The van der Waals surface area contributed by atoms with Gasteiger partial charge in [0.25, 0.3) is 0 Å². The van der Waals surface area contributed by atoms with Crippen LogP contribution in [0.15, 0.2) is 158 Å². The maximum atomic E-state index is 4.79. The Bertz CT molecular complexity index is 3160. The molecule has 0 fully saturated rings. The van der Waals surface area contributed by atoms with Gasteiger partial charge in [0.2, 0.25) is 0 Å². The number of rotatable bonds is 3. The Morgan fingerprint density at radius 1 is 0.420 bits per heavy atom. The summed E-state index contributed by atoms with van der Waals surface area (Å²) in [5.74, 6) is 0.786. The molecule has 0 aliphatic heterocycles.